The van der Waals surface area contributed by atoms with Gasteiger partial charge in [-0.3, -0.25) is 4.79 Å². The molecule has 0 radical (unpaired) electrons. The van der Waals surface area contributed by atoms with E-state index in [0.717, 1.165) is 6.42 Å². The molecule has 1 unspecified atom stereocenters. The zero-order valence-corrected chi connectivity index (χ0v) is 26.1. The Kier molecular flexibility index (Phi) is 31.2. The third kappa shape index (κ3) is 29.9. The average molecular weight is 523 g/mol. The third-order valence-corrected chi connectivity index (χ3v) is 8.15. The molecule has 0 N–H and O–H groups in total. The standard InChI is InChI=1S/C35H70O2/c1-4-7-10-13-15-17-18-19-20-21-23-26-29-32-35(36)37-33-34(30-27-24-12-9-6-3)31-28-25-22-16-14-11-8-5-2/h34H,4-33H2,1-3H3. The molecule has 0 saturated heterocycles. The molecule has 37 heavy (non-hydrogen) atoms. The molecule has 0 aliphatic heterocycles. The molecule has 0 aliphatic carbocycles. The van der Waals surface area contributed by atoms with E-state index in [9.17, 15) is 4.79 Å². The van der Waals surface area contributed by atoms with Crippen molar-refractivity contribution in [3.05, 3.63) is 0 Å². The average Bonchev–Trinajstić information content (AvgIpc) is 2.90. The van der Waals surface area contributed by atoms with Gasteiger partial charge in [-0.2, -0.15) is 0 Å². The second kappa shape index (κ2) is 31.7. The van der Waals surface area contributed by atoms with Crippen LogP contribution in [0.1, 0.15) is 207 Å². The normalized spacial score (nSPS) is 12.2. The van der Waals surface area contributed by atoms with Gasteiger partial charge in [0, 0.05) is 6.42 Å². The van der Waals surface area contributed by atoms with Crippen LogP contribution in [-0.4, -0.2) is 12.6 Å². The summed E-state index contributed by atoms with van der Waals surface area (Å²) in [5.74, 6) is 0.632. The van der Waals surface area contributed by atoms with Crippen LogP contribution in [0.3, 0.4) is 0 Å². The van der Waals surface area contributed by atoms with Crippen LogP contribution in [-0.2, 0) is 9.53 Å². The maximum absolute atomic E-state index is 12.3. The summed E-state index contributed by atoms with van der Waals surface area (Å²) in [4.78, 5) is 12.3. The molecule has 1 atom stereocenters. The minimum Gasteiger partial charge on any atom is -0.465 e. The second-order valence-electron chi connectivity index (χ2n) is 12.0. The number of esters is 1. The van der Waals surface area contributed by atoms with Crippen molar-refractivity contribution in [2.75, 3.05) is 6.61 Å². The van der Waals surface area contributed by atoms with Crippen molar-refractivity contribution in [2.45, 2.75) is 207 Å². The van der Waals surface area contributed by atoms with Crippen LogP contribution in [0.4, 0.5) is 0 Å². The lowest BCUT2D eigenvalue weighted by Crippen LogP contribution is -2.14. The lowest BCUT2D eigenvalue weighted by molar-refractivity contribution is -0.145. The molecule has 0 spiro atoms. The van der Waals surface area contributed by atoms with Gasteiger partial charge in [0.1, 0.15) is 0 Å². The van der Waals surface area contributed by atoms with Crippen LogP contribution in [0.2, 0.25) is 0 Å². The number of rotatable bonds is 31. The van der Waals surface area contributed by atoms with E-state index in [1.807, 2.05) is 0 Å². The van der Waals surface area contributed by atoms with Gasteiger partial charge in [-0.25, -0.2) is 0 Å². The molecule has 0 aromatic heterocycles. The number of carbonyl (C=O) groups is 1. The van der Waals surface area contributed by atoms with Crippen molar-refractivity contribution in [3.63, 3.8) is 0 Å². The van der Waals surface area contributed by atoms with Crippen LogP contribution < -0.4 is 0 Å². The molecule has 0 aliphatic rings. The van der Waals surface area contributed by atoms with E-state index >= 15 is 0 Å². The summed E-state index contributed by atoms with van der Waals surface area (Å²) in [6.07, 6.45) is 38.2. The van der Waals surface area contributed by atoms with Gasteiger partial charge in [-0.1, -0.05) is 181 Å². The van der Waals surface area contributed by atoms with Crippen molar-refractivity contribution in [1.82, 2.24) is 0 Å². The molecule has 0 heterocycles. The Bertz CT molecular complexity index is 433. The van der Waals surface area contributed by atoms with E-state index in [1.54, 1.807) is 0 Å². The van der Waals surface area contributed by atoms with Crippen molar-refractivity contribution >= 4 is 5.97 Å². The summed E-state index contributed by atoms with van der Waals surface area (Å²) in [7, 11) is 0. The first-order valence-corrected chi connectivity index (χ1v) is 17.4. The number of carbonyl (C=O) groups excluding carboxylic acids is 1. The minimum atomic E-state index is 0.0509. The Morgan fingerprint density at radius 1 is 0.432 bits per heavy atom. The summed E-state index contributed by atoms with van der Waals surface area (Å²) >= 11 is 0. The molecule has 2 nitrogen and oxygen atoms in total. The van der Waals surface area contributed by atoms with Gasteiger partial charge in [-0.15, -0.1) is 0 Å². The Labute approximate surface area is 234 Å². The molecule has 0 saturated carbocycles. The third-order valence-electron chi connectivity index (χ3n) is 8.15. The predicted octanol–water partition coefficient (Wildman–Crippen LogP) is 12.5. The summed E-state index contributed by atoms with van der Waals surface area (Å²) in [6.45, 7) is 7.52. The van der Waals surface area contributed by atoms with E-state index in [0.29, 0.717) is 18.9 Å². The SMILES string of the molecule is CCCCCCCCCCCCCCCC(=O)OCC(CCCCCCC)CCCCCCCCCC. The summed E-state index contributed by atoms with van der Waals surface area (Å²) in [5, 5.41) is 0. The molecule has 0 amide bonds. The van der Waals surface area contributed by atoms with Crippen LogP contribution in [0.5, 0.6) is 0 Å². The van der Waals surface area contributed by atoms with Crippen LogP contribution >= 0.6 is 0 Å². The highest BCUT2D eigenvalue weighted by molar-refractivity contribution is 5.69. The van der Waals surface area contributed by atoms with E-state index in [1.165, 1.54) is 173 Å². The molecule has 0 aromatic rings. The van der Waals surface area contributed by atoms with Gasteiger partial charge in [0.15, 0.2) is 0 Å². The van der Waals surface area contributed by atoms with Gasteiger partial charge in [0.25, 0.3) is 0 Å². The highest BCUT2D eigenvalue weighted by Gasteiger charge is 2.12. The molecule has 2 heteroatoms. The highest BCUT2D eigenvalue weighted by Crippen LogP contribution is 2.20. The molecule has 0 aromatic carbocycles. The monoisotopic (exact) mass is 523 g/mol. The van der Waals surface area contributed by atoms with Crippen LogP contribution in [0.15, 0.2) is 0 Å². The number of unbranched alkanes of at least 4 members (excludes halogenated alkanes) is 23. The Hall–Kier alpha value is -0.530. The highest BCUT2D eigenvalue weighted by atomic mass is 16.5. The first kappa shape index (κ1) is 36.5. The molecule has 0 rings (SSSR count). The number of ether oxygens (including phenoxy) is 1. The quantitative estimate of drug-likeness (QED) is 0.0668. The minimum absolute atomic E-state index is 0.0509. The summed E-state index contributed by atoms with van der Waals surface area (Å²) < 4.78 is 5.77. The Balaban J connectivity index is 3.80. The molecular formula is C35H70O2. The fourth-order valence-corrected chi connectivity index (χ4v) is 5.48. The predicted molar refractivity (Wildman–Crippen MR) is 165 cm³/mol. The van der Waals surface area contributed by atoms with Gasteiger partial charge in [0.05, 0.1) is 6.61 Å². The topological polar surface area (TPSA) is 26.3 Å². The fraction of sp³-hybridized carbons (Fsp3) is 0.971. The molecule has 0 fully saturated rings. The van der Waals surface area contributed by atoms with Gasteiger partial charge < -0.3 is 4.74 Å². The number of hydrogen-bond acceptors (Lipinski definition) is 2. The smallest absolute Gasteiger partial charge is 0.305 e. The Morgan fingerprint density at radius 2 is 0.730 bits per heavy atom. The summed E-state index contributed by atoms with van der Waals surface area (Å²) in [5.41, 5.74) is 0. The maximum Gasteiger partial charge on any atom is 0.305 e. The summed E-state index contributed by atoms with van der Waals surface area (Å²) in [6, 6.07) is 0. The van der Waals surface area contributed by atoms with Crippen molar-refractivity contribution in [2.24, 2.45) is 5.92 Å². The van der Waals surface area contributed by atoms with E-state index in [2.05, 4.69) is 20.8 Å². The van der Waals surface area contributed by atoms with E-state index < -0.39 is 0 Å². The molecular weight excluding hydrogens is 452 g/mol. The fourth-order valence-electron chi connectivity index (χ4n) is 5.48. The van der Waals surface area contributed by atoms with E-state index in [-0.39, 0.29) is 5.97 Å². The lowest BCUT2D eigenvalue weighted by atomic mass is 9.94. The molecule has 0 bridgehead atoms. The van der Waals surface area contributed by atoms with E-state index in [4.69, 9.17) is 4.74 Å². The first-order chi connectivity index (χ1) is 18.2. The zero-order chi connectivity index (χ0) is 27.1. The van der Waals surface area contributed by atoms with Crippen molar-refractivity contribution in [3.8, 4) is 0 Å². The van der Waals surface area contributed by atoms with Gasteiger partial charge >= 0.3 is 5.97 Å². The zero-order valence-electron chi connectivity index (χ0n) is 26.1. The number of hydrogen-bond donors (Lipinski definition) is 0. The Morgan fingerprint density at radius 3 is 1.08 bits per heavy atom. The molecule has 222 valence electrons. The van der Waals surface area contributed by atoms with Crippen LogP contribution in [0, 0.1) is 5.92 Å². The van der Waals surface area contributed by atoms with Crippen molar-refractivity contribution in [1.29, 1.82) is 0 Å². The van der Waals surface area contributed by atoms with Crippen LogP contribution in [0.25, 0.3) is 0 Å². The lowest BCUT2D eigenvalue weighted by Gasteiger charge is -2.17. The largest absolute Gasteiger partial charge is 0.465 e. The van der Waals surface area contributed by atoms with Gasteiger partial charge in [0.2, 0.25) is 0 Å². The maximum atomic E-state index is 12.3. The first-order valence-electron chi connectivity index (χ1n) is 17.4. The van der Waals surface area contributed by atoms with Crippen molar-refractivity contribution < 1.29 is 9.53 Å². The second-order valence-corrected chi connectivity index (χ2v) is 12.0. The van der Waals surface area contributed by atoms with Gasteiger partial charge in [-0.05, 0) is 25.2 Å².